The van der Waals surface area contributed by atoms with Crippen molar-refractivity contribution in [2.75, 3.05) is 13.3 Å². The molecule has 0 bridgehead atoms. The van der Waals surface area contributed by atoms with Crippen molar-refractivity contribution in [2.45, 2.75) is 24.8 Å². The van der Waals surface area contributed by atoms with Gasteiger partial charge in [0, 0.05) is 41.1 Å². The summed E-state index contributed by atoms with van der Waals surface area (Å²) in [6.45, 7) is 2.31. The molecule has 0 saturated carbocycles. The largest absolute Gasteiger partial charge is 0.441 e. The van der Waals surface area contributed by atoms with Crippen LogP contribution in [0.4, 0.5) is 0 Å². The maximum Gasteiger partial charge on any atom is 0.228 e. The fourth-order valence-electron chi connectivity index (χ4n) is 2.72. The van der Waals surface area contributed by atoms with Crippen LogP contribution in [-0.4, -0.2) is 33.3 Å². The lowest BCUT2D eigenvalue weighted by molar-refractivity contribution is -0.129. The van der Waals surface area contributed by atoms with Crippen molar-refractivity contribution < 1.29 is 13.4 Å². The molecule has 1 aromatic heterocycles. The smallest absolute Gasteiger partial charge is 0.228 e. The highest BCUT2D eigenvalue weighted by atomic mass is 32.2. The lowest BCUT2D eigenvalue weighted by Crippen LogP contribution is -2.28. The van der Waals surface area contributed by atoms with Crippen LogP contribution in [0.25, 0.3) is 11.5 Å². The summed E-state index contributed by atoms with van der Waals surface area (Å²) in [6, 6.07) is 17.1. The average Bonchev–Trinajstić information content (AvgIpc) is 3.03. The molecule has 0 saturated heterocycles. The van der Waals surface area contributed by atoms with Crippen LogP contribution in [0.3, 0.4) is 0 Å². The fourth-order valence-corrected chi connectivity index (χ4v) is 3.24. The molecule has 3 aromatic rings. The Labute approximate surface area is 161 Å². The first-order chi connectivity index (χ1) is 12.9. The topological polar surface area (TPSA) is 63.4 Å². The SMILES string of the molecule is Cc1oc(-c2ccccc2)nc1CC(=O)N(C)Cc1ccc([S@@](C)=O)cc1. The van der Waals surface area contributed by atoms with Crippen molar-refractivity contribution in [1.29, 1.82) is 0 Å². The molecule has 0 aliphatic rings. The molecular weight excluding hydrogens is 360 g/mol. The Hall–Kier alpha value is -2.73. The second-order valence-corrected chi connectivity index (χ2v) is 7.79. The molecular formula is C21H22N2O3S. The van der Waals surface area contributed by atoms with Gasteiger partial charge < -0.3 is 9.32 Å². The molecule has 1 heterocycles. The molecule has 6 heteroatoms. The molecule has 1 amide bonds. The van der Waals surface area contributed by atoms with Crippen molar-refractivity contribution in [3.63, 3.8) is 0 Å². The van der Waals surface area contributed by atoms with E-state index in [1.54, 1.807) is 18.2 Å². The van der Waals surface area contributed by atoms with Crippen LogP contribution in [0.5, 0.6) is 0 Å². The molecule has 1 atom stereocenters. The predicted octanol–water partition coefficient (Wildman–Crippen LogP) is 3.59. The number of hydrogen-bond acceptors (Lipinski definition) is 4. The van der Waals surface area contributed by atoms with Gasteiger partial charge in [0.05, 0.1) is 12.1 Å². The zero-order valence-electron chi connectivity index (χ0n) is 15.6. The monoisotopic (exact) mass is 382 g/mol. The van der Waals surface area contributed by atoms with Gasteiger partial charge in [-0.25, -0.2) is 4.98 Å². The van der Waals surface area contributed by atoms with E-state index in [-0.39, 0.29) is 12.3 Å². The molecule has 27 heavy (non-hydrogen) atoms. The summed E-state index contributed by atoms with van der Waals surface area (Å²) in [7, 11) is 0.765. The van der Waals surface area contributed by atoms with Crippen molar-refractivity contribution in [3.8, 4) is 11.5 Å². The number of benzene rings is 2. The zero-order chi connectivity index (χ0) is 19.4. The van der Waals surface area contributed by atoms with Gasteiger partial charge in [-0.05, 0) is 36.8 Å². The minimum absolute atomic E-state index is 0.0332. The molecule has 3 rings (SSSR count). The molecule has 140 valence electrons. The van der Waals surface area contributed by atoms with E-state index in [0.29, 0.717) is 23.9 Å². The quantitative estimate of drug-likeness (QED) is 0.654. The fraction of sp³-hybridized carbons (Fsp3) is 0.238. The summed E-state index contributed by atoms with van der Waals surface area (Å²) in [4.78, 5) is 19.5. The Bertz CT molecular complexity index is 949. The van der Waals surface area contributed by atoms with Gasteiger partial charge in [-0.1, -0.05) is 30.3 Å². The summed E-state index contributed by atoms with van der Waals surface area (Å²) in [5, 5.41) is 0. The highest BCUT2D eigenvalue weighted by Gasteiger charge is 2.17. The van der Waals surface area contributed by atoms with Gasteiger partial charge in [0.2, 0.25) is 11.8 Å². The number of amides is 1. The molecule has 0 fully saturated rings. The highest BCUT2D eigenvalue weighted by Crippen LogP contribution is 2.22. The second kappa shape index (κ2) is 8.31. The number of aryl methyl sites for hydroxylation is 1. The summed E-state index contributed by atoms with van der Waals surface area (Å²) in [5.41, 5.74) is 2.53. The Kier molecular flexibility index (Phi) is 5.86. The normalized spacial score (nSPS) is 12.0. The van der Waals surface area contributed by atoms with E-state index >= 15 is 0 Å². The van der Waals surface area contributed by atoms with Crippen LogP contribution in [0, 0.1) is 6.92 Å². The Morgan fingerprint density at radius 3 is 2.41 bits per heavy atom. The third kappa shape index (κ3) is 4.71. The number of nitrogens with zero attached hydrogens (tertiary/aromatic N) is 2. The lowest BCUT2D eigenvalue weighted by atomic mass is 10.2. The number of oxazole rings is 1. The second-order valence-electron chi connectivity index (χ2n) is 6.41. The third-order valence-corrected chi connectivity index (χ3v) is 5.27. The predicted molar refractivity (Wildman–Crippen MR) is 106 cm³/mol. The van der Waals surface area contributed by atoms with Crippen LogP contribution in [0.2, 0.25) is 0 Å². The maximum absolute atomic E-state index is 12.6. The first-order valence-electron chi connectivity index (χ1n) is 8.62. The molecule has 0 radical (unpaired) electrons. The molecule has 0 unspecified atom stereocenters. The van der Waals surface area contributed by atoms with Crippen LogP contribution in [0.15, 0.2) is 63.9 Å². The highest BCUT2D eigenvalue weighted by molar-refractivity contribution is 7.84. The Morgan fingerprint density at radius 2 is 1.78 bits per heavy atom. The first-order valence-corrected chi connectivity index (χ1v) is 10.2. The summed E-state index contributed by atoms with van der Waals surface area (Å²) < 4.78 is 17.2. The molecule has 5 nitrogen and oxygen atoms in total. The lowest BCUT2D eigenvalue weighted by Gasteiger charge is -2.17. The van der Waals surface area contributed by atoms with E-state index in [1.165, 1.54) is 0 Å². The van der Waals surface area contributed by atoms with Gasteiger partial charge in [0.25, 0.3) is 0 Å². The minimum atomic E-state index is -1.00. The van der Waals surface area contributed by atoms with Crippen molar-refractivity contribution in [3.05, 3.63) is 71.6 Å². The molecule has 2 aromatic carbocycles. The van der Waals surface area contributed by atoms with Crippen molar-refractivity contribution >= 4 is 16.7 Å². The summed E-state index contributed by atoms with van der Waals surface area (Å²) in [5.74, 6) is 1.15. The minimum Gasteiger partial charge on any atom is -0.441 e. The van der Waals surface area contributed by atoms with Crippen molar-refractivity contribution in [1.82, 2.24) is 9.88 Å². The number of carbonyl (C=O) groups is 1. The number of likely N-dealkylation sites (N-methyl/N-ethyl adjacent to an activating group) is 1. The van der Waals surface area contributed by atoms with Crippen LogP contribution >= 0.6 is 0 Å². The number of rotatable bonds is 6. The van der Waals surface area contributed by atoms with Crippen LogP contribution in [-0.2, 0) is 28.6 Å². The van der Waals surface area contributed by atoms with Crippen LogP contribution in [0.1, 0.15) is 17.0 Å². The zero-order valence-corrected chi connectivity index (χ0v) is 16.5. The van der Waals surface area contributed by atoms with E-state index in [2.05, 4.69) is 4.98 Å². The average molecular weight is 382 g/mol. The number of carbonyl (C=O) groups excluding carboxylic acids is 1. The number of hydrogen-bond donors (Lipinski definition) is 0. The summed E-state index contributed by atoms with van der Waals surface area (Å²) >= 11 is 0. The molecule has 0 aliphatic heterocycles. The maximum atomic E-state index is 12.6. The van der Waals surface area contributed by atoms with Gasteiger partial charge in [-0.2, -0.15) is 0 Å². The van der Waals surface area contributed by atoms with Gasteiger partial charge >= 0.3 is 0 Å². The van der Waals surface area contributed by atoms with E-state index < -0.39 is 10.8 Å². The van der Waals surface area contributed by atoms with E-state index in [0.717, 1.165) is 16.0 Å². The first kappa shape index (κ1) is 19.0. The molecule has 0 spiro atoms. The van der Waals surface area contributed by atoms with Gasteiger partial charge in [0.1, 0.15) is 5.76 Å². The molecule has 0 N–H and O–H groups in total. The Balaban J connectivity index is 1.66. The van der Waals surface area contributed by atoms with E-state index in [4.69, 9.17) is 4.42 Å². The third-order valence-electron chi connectivity index (χ3n) is 4.33. The van der Waals surface area contributed by atoms with Crippen LogP contribution < -0.4 is 0 Å². The van der Waals surface area contributed by atoms with Gasteiger partial charge in [0.15, 0.2) is 0 Å². The van der Waals surface area contributed by atoms with Gasteiger partial charge in [-0.15, -0.1) is 0 Å². The summed E-state index contributed by atoms with van der Waals surface area (Å²) in [6.07, 6.45) is 1.84. The van der Waals surface area contributed by atoms with Gasteiger partial charge in [-0.3, -0.25) is 9.00 Å². The van der Waals surface area contributed by atoms with Crippen molar-refractivity contribution in [2.24, 2.45) is 0 Å². The number of aromatic nitrogens is 1. The van der Waals surface area contributed by atoms with E-state index in [9.17, 15) is 9.00 Å². The van der Waals surface area contributed by atoms with E-state index in [1.807, 2.05) is 61.5 Å². The molecule has 0 aliphatic carbocycles. The Morgan fingerprint density at radius 1 is 1.11 bits per heavy atom. The standard InChI is InChI=1S/C21H22N2O3S/c1-15-19(22-21(26-15)17-7-5-4-6-8-17)13-20(24)23(2)14-16-9-11-18(12-10-16)27(3)25/h4-12H,13-14H2,1-3H3/t27-/m1/s1.